The van der Waals surface area contributed by atoms with Crippen LogP contribution in [0.25, 0.3) is 0 Å². The Morgan fingerprint density at radius 3 is 2.41 bits per heavy atom. The normalized spacial score (nSPS) is 14.2. The van der Waals surface area contributed by atoms with E-state index < -0.39 is 0 Å². The second-order valence-electron chi connectivity index (χ2n) is 8.18. The number of ether oxygens (including phenoxy) is 1. The van der Waals surface area contributed by atoms with Crippen LogP contribution in [0.2, 0.25) is 0 Å². The fourth-order valence-electron chi connectivity index (χ4n) is 4.23. The predicted octanol–water partition coefficient (Wildman–Crippen LogP) is 4.05. The van der Waals surface area contributed by atoms with Gasteiger partial charge in [-0.1, -0.05) is 30.3 Å². The van der Waals surface area contributed by atoms with E-state index in [4.69, 9.17) is 9.72 Å². The van der Waals surface area contributed by atoms with Crippen LogP contribution in [0.3, 0.4) is 0 Å². The van der Waals surface area contributed by atoms with E-state index in [2.05, 4.69) is 41.1 Å². The number of aromatic nitrogens is 2. The molecule has 0 saturated carbocycles. The topological polar surface area (TPSA) is 58.6 Å². The van der Waals surface area contributed by atoms with Crippen molar-refractivity contribution in [3.05, 3.63) is 82.8 Å². The molecule has 1 fully saturated rings. The van der Waals surface area contributed by atoms with E-state index in [1.54, 1.807) is 7.11 Å². The third-order valence-electron chi connectivity index (χ3n) is 5.95. The Labute approximate surface area is 189 Å². The number of anilines is 1. The zero-order valence-corrected chi connectivity index (χ0v) is 19.0. The van der Waals surface area contributed by atoms with Crippen LogP contribution < -0.4 is 9.64 Å². The number of carbonyl (C=O) groups excluding carboxylic acids is 1. The van der Waals surface area contributed by atoms with Crippen molar-refractivity contribution in [3.8, 4) is 5.75 Å². The van der Waals surface area contributed by atoms with Gasteiger partial charge in [0.15, 0.2) is 0 Å². The molecule has 0 atom stereocenters. The van der Waals surface area contributed by atoms with Gasteiger partial charge in [0.25, 0.3) is 5.91 Å². The maximum absolute atomic E-state index is 13.1. The molecule has 3 aromatic rings. The molecule has 0 spiro atoms. The summed E-state index contributed by atoms with van der Waals surface area (Å²) in [6.45, 7) is 7.02. The molecule has 0 bridgehead atoms. The van der Waals surface area contributed by atoms with E-state index in [9.17, 15) is 4.79 Å². The van der Waals surface area contributed by atoms with Crippen molar-refractivity contribution in [2.45, 2.75) is 26.7 Å². The van der Waals surface area contributed by atoms with Gasteiger partial charge in [0, 0.05) is 49.4 Å². The first-order valence-electron chi connectivity index (χ1n) is 11.1. The zero-order chi connectivity index (χ0) is 22.5. The Balaban J connectivity index is 1.53. The molecule has 0 radical (unpaired) electrons. The molecule has 166 valence electrons. The Morgan fingerprint density at radius 1 is 0.938 bits per heavy atom. The molecule has 1 aliphatic heterocycles. The summed E-state index contributed by atoms with van der Waals surface area (Å²) in [4.78, 5) is 26.8. The predicted molar refractivity (Wildman–Crippen MR) is 126 cm³/mol. The van der Waals surface area contributed by atoms with Gasteiger partial charge in [-0.05, 0) is 50.1 Å². The molecule has 32 heavy (non-hydrogen) atoms. The summed E-state index contributed by atoms with van der Waals surface area (Å²) < 4.78 is 5.21. The Hall–Kier alpha value is -3.41. The van der Waals surface area contributed by atoms with Crippen LogP contribution in [0.5, 0.6) is 5.75 Å². The third kappa shape index (κ3) is 4.90. The maximum Gasteiger partial charge on any atom is 0.253 e. The Kier molecular flexibility index (Phi) is 6.69. The molecular weight excluding hydrogens is 400 g/mol. The molecule has 1 aromatic heterocycles. The van der Waals surface area contributed by atoms with Crippen LogP contribution in [0.4, 0.5) is 5.82 Å². The van der Waals surface area contributed by atoms with Crippen molar-refractivity contribution in [2.24, 2.45) is 0 Å². The summed E-state index contributed by atoms with van der Waals surface area (Å²) in [5, 5.41) is 0. The van der Waals surface area contributed by atoms with Crippen molar-refractivity contribution in [1.82, 2.24) is 14.9 Å². The van der Waals surface area contributed by atoms with E-state index in [0.717, 1.165) is 61.1 Å². The van der Waals surface area contributed by atoms with Crippen LogP contribution in [-0.2, 0) is 6.42 Å². The number of methoxy groups -OCH3 is 1. The first kappa shape index (κ1) is 21.8. The maximum atomic E-state index is 13.1. The molecule has 2 aromatic carbocycles. The van der Waals surface area contributed by atoms with E-state index in [0.29, 0.717) is 12.1 Å². The molecule has 0 N–H and O–H groups in total. The number of benzene rings is 2. The average molecular weight is 431 g/mol. The van der Waals surface area contributed by atoms with Crippen molar-refractivity contribution < 1.29 is 9.53 Å². The number of aryl methyl sites for hydroxylation is 2. The zero-order valence-electron chi connectivity index (χ0n) is 19.0. The second-order valence-corrected chi connectivity index (χ2v) is 8.18. The van der Waals surface area contributed by atoms with Gasteiger partial charge in [0.2, 0.25) is 0 Å². The summed E-state index contributed by atoms with van der Waals surface area (Å²) in [5.41, 5.74) is 4.12. The van der Waals surface area contributed by atoms with Crippen molar-refractivity contribution in [1.29, 1.82) is 0 Å². The lowest BCUT2D eigenvalue weighted by Gasteiger charge is -2.26. The van der Waals surface area contributed by atoms with E-state index in [1.165, 1.54) is 5.56 Å². The molecular formula is C26H30N4O2. The highest BCUT2D eigenvalue weighted by Crippen LogP contribution is 2.25. The summed E-state index contributed by atoms with van der Waals surface area (Å²) in [7, 11) is 1.63. The van der Waals surface area contributed by atoms with E-state index in [1.807, 2.05) is 42.2 Å². The number of hydrogen-bond donors (Lipinski definition) is 0. The smallest absolute Gasteiger partial charge is 0.253 e. The first-order chi connectivity index (χ1) is 15.5. The molecule has 1 amide bonds. The molecule has 2 heterocycles. The highest BCUT2D eigenvalue weighted by molar-refractivity contribution is 5.94. The average Bonchev–Trinajstić information content (AvgIpc) is 3.07. The number of amides is 1. The Bertz CT molecular complexity index is 1070. The minimum absolute atomic E-state index is 0.0639. The fourth-order valence-corrected chi connectivity index (χ4v) is 4.23. The van der Waals surface area contributed by atoms with Crippen LogP contribution in [-0.4, -0.2) is 54.1 Å². The number of carbonyl (C=O) groups is 1. The largest absolute Gasteiger partial charge is 0.497 e. The van der Waals surface area contributed by atoms with Gasteiger partial charge < -0.3 is 14.5 Å². The lowest BCUT2D eigenvalue weighted by atomic mass is 10.0. The van der Waals surface area contributed by atoms with Crippen LogP contribution in [0.1, 0.15) is 39.4 Å². The van der Waals surface area contributed by atoms with Crippen LogP contribution in [0.15, 0.2) is 54.6 Å². The molecule has 0 unspecified atom stereocenters. The molecule has 1 saturated heterocycles. The van der Waals surface area contributed by atoms with Gasteiger partial charge in [-0.15, -0.1) is 0 Å². The molecule has 6 heteroatoms. The van der Waals surface area contributed by atoms with Crippen molar-refractivity contribution in [2.75, 3.05) is 38.2 Å². The molecule has 1 aliphatic rings. The monoisotopic (exact) mass is 430 g/mol. The minimum Gasteiger partial charge on any atom is -0.497 e. The second kappa shape index (κ2) is 9.81. The van der Waals surface area contributed by atoms with Gasteiger partial charge in [0.1, 0.15) is 17.4 Å². The third-order valence-corrected chi connectivity index (χ3v) is 5.95. The summed E-state index contributed by atoms with van der Waals surface area (Å²) in [5.74, 6) is 2.60. The highest BCUT2D eigenvalue weighted by atomic mass is 16.5. The standard InChI is InChI=1S/C26H30N4O2/c1-19-24(18-21-8-5-4-6-9-21)25(28-20(2)27-19)29-14-7-15-30(17-16-29)26(31)22-10-12-23(32-3)13-11-22/h4-6,8-13H,7,14-18H2,1-3H3. The van der Waals surface area contributed by atoms with Gasteiger partial charge >= 0.3 is 0 Å². The quantitative estimate of drug-likeness (QED) is 0.611. The summed E-state index contributed by atoms with van der Waals surface area (Å²) in [6, 6.07) is 17.8. The fraction of sp³-hybridized carbons (Fsp3) is 0.346. The molecule has 0 aliphatic carbocycles. The van der Waals surface area contributed by atoms with E-state index >= 15 is 0 Å². The number of rotatable bonds is 5. The summed E-state index contributed by atoms with van der Waals surface area (Å²) >= 11 is 0. The Morgan fingerprint density at radius 2 is 1.69 bits per heavy atom. The van der Waals surface area contributed by atoms with Gasteiger partial charge in [-0.3, -0.25) is 4.79 Å². The van der Waals surface area contributed by atoms with Crippen LogP contribution in [0, 0.1) is 13.8 Å². The van der Waals surface area contributed by atoms with Crippen molar-refractivity contribution in [3.63, 3.8) is 0 Å². The van der Waals surface area contributed by atoms with Gasteiger partial charge in [-0.25, -0.2) is 9.97 Å². The molecule has 4 rings (SSSR count). The number of hydrogen-bond acceptors (Lipinski definition) is 5. The minimum atomic E-state index is 0.0639. The lowest BCUT2D eigenvalue weighted by Crippen LogP contribution is -2.35. The highest BCUT2D eigenvalue weighted by Gasteiger charge is 2.23. The lowest BCUT2D eigenvalue weighted by molar-refractivity contribution is 0.0767. The van der Waals surface area contributed by atoms with E-state index in [-0.39, 0.29) is 5.91 Å². The van der Waals surface area contributed by atoms with Crippen molar-refractivity contribution >= 4 is 11.7 Å². The first-order valence-corrected chi connectivity index (χ1v) is 11.1. The van der Waals surface area contributed by atoms with Gasteiger partial charge in [0.05, 0.1) is 7.11 Å². The summed E-state index contributed by atoms with van der Waals surface area (Å²) in [6.07, 6.45) is 1.70. The van der Waals surface area contributed by atoms with Crippen LogP contribution >= 0.6 is 0 Å². The SMILES string of the molecule is COc1ccc(C(=O)N2CCCN(c3nc(C)nc(C)c3Cc3ccccc3)CC2)cc1. The van der Waals surface area contributed by atoms with Gasteiger partial charge in [-0.2, -0.15) is 0 Å². The molecule has 6 nitrogen and oxygen atoms in total. The number of nitrogens with zero attached hydrogens (tertiary/aromatic N) is 4.